The van der Waals surface area contributed by atoms with E-state index in [2.05, 4.69) is 11.1 Å². The van der Waals surface area contributed by atoms with Gasteiger partial charge in [-0.3, -0.25) is 4.79 Å². The van der Waals surface area contributed by atoms with Crippen molar-refractivity contribution in [2.75, 3.05) is 0 Å². The van der Waals surface area contributed by atoms with Crippen molar-refractivity contribution in [3.8, 4) is 11.3 Å². The topological polar surface area (TPSA) is 36.1 Å². The lowest BCUT2D eigenvalue weighted by Gasteiger charge is -2.27. The summed E-state index contributed by atoms with van der Waals surface area (Å²) in [5.74, 6) is -0.369. The molecule has 6 heteroatoms. The molecule has 0 radical (unpaired) electrons. The third-order valence-corrected chi connectivity index (χ3v) is 7.09. The zero-order valence-corrected chi connectivity index (χ0v) is 19.9. The molecule has 6 rings (SSSR count). The summed E-state index contributed by atoms with van der Waals surface area (Å²) in [6.45, 7) is 0.339. The molecule has 1 unspecified atom stereocenters. The van der Waals surface area contributed by atoms with Gasteiger partial charge in [-0.25, -0.2) is 4.39 Å². The molecule has 1 N–H and O–H groups in total. The summed E-state index contributed by atoms with van der Waals surface area (Å²) in [6, 6.07) is 27.0. The molecule has 1 amide bonds. The Kier molecular flexibility index (Phi) is 5.36. The van der Waals surface area contributed by atoms with Crippen LogP contribution in [0.2, 0.25) is 10.0 Å². The van der Waals surface area contributed by atoms with Crippen molar-refractivity contribution in [2.45, 2.75) is 12.6 Å². The van der Waals surface area contributed by atoms with E-state index in [1.165, 1.54) is 12.1 Å². The van der Waals surface area contributed by atoms with Crippen LogP contribution < -0.4 is 0 Å². The van der Waals surface area contributed by atoms with Crippen LogP contribution in [0.15, 0.2) is 91.0 Å². The van der Waals surface area contributed by atoms with Gasteiger partial charge in [-0.15, -0.1) is 0 Å². The minimum absolute atomic E-state index is 0.0617. The SMILES string of the molecule is O=C1c2ccccc2C(c2c(-c3ccc(Cl)cc3Cl)[nH]c3ccccc23)N1Cc1ccc(F)cc1. The van der Waals surface area contributed by atoms with E-state index in [9.17, 15) is 9.18 Å². The largest absolute Gasteiger partial charge is 0.354 e. The Bertz CT molecular complexity index is 1590. The lowest BCUT2D eigenvalue weighted by molar-refractivity contribution is 0.0737. The zero-order valence-electron chi connectivity index (χ0n) is 18.4. The van der Waals surface area contributed by atoms with E-state index in [0.29, 0.717) is 22.2 Å². The average molecular weight is 501 g/mol. The molecule has 172 valence electrons. The summed E-state index contributed by atoms with van der Waals surface area (Å²) in [7, 11) is 0. The second kappa shape index (κ2) is 8.56. The number of rotatable bonds is 4. The van der Waals surface area contributed by atoms with Gasteiger partial charge in [-0.2, -0.15) is 0 Å². The van der Waals surface area contributed by atoms with Gasteiger partial charge in [-0.1, -0.05) is 71.7 Å². The van der Waals surface area contributed by atoms with Crippen molar-refractivity contribution in [1.29, 1.82) is 0 Å². The number of carbonyl (C=O) groups is 1. The first kappa shape index (κ1) is 21.9. The van der Waals surface area contributed by atoms with E-state index in [4.69, 9.17) is 23.2 Å². The van der Waals surface area contributed by atoms with Crippen LogP contribution in [0.4, 0.5) is 4.39 Å². The van der Waals surface area contributed by atoms with E-state index in [-0.39, 0.29) is 17.8 Å². The van der Waals surface area contributed by atoms with Gasteiger partial charge in [0, 0.05) is 39.2 Å². The highest BCUT2D eigenvalue weighted by molar-refractivity contribution is 6.36. The summed E-state index contributed by atoms with van der Waals surface area (Å²) in [5, 5.41) is 2.08. The number of aromatic amines is 1. The Morgan fingerprint density at radius 2 is 1.60 bits per heavy atom. The van der Waals surface area contributed by atoms with Crippen molar-refractivity contribution in [3.63, 3.8) is 0 Å². The summed E-state index contributed by atoms with van der Waals surface area (Å²) in [4.78, 5) is 19.1. The minimum Gasteiger partial charge on any atom is -0.354 e. The Morgan fingerprint density at radius 3 is 2.40 bits per heavy atom. The number of aromatic nitrogens is 1. The summed E-state index contributed by atoms with van der Waals surface area (Å²) >= 11 is 12.8. The average Bonchev–Trinajstić information content (AvgIpc) is 3.36. The molecule has 1 aliphatic heterocycles. The van der Waals surface area contributed by atoms with Crippen LogP contribution in [-0.4, -0.2) is 15.8 Å². The Labute approximate surface area is 211 Å². The predicted octanol–water partition coefficient (Wildman–Crippen LogP) is 8.03. The van der Waals surface area contributed by atoms with Crippen molar-refractivity contribution in [3.05, 3.63) is 129 Å². The van der Waals surface area contributed by atoms with Gasteiger partial charge in [-0.05, 0) is 53.6 Å². The van der Waals surface area contributed by atoms with Gasteiger partial charge in [0.15, 0.2) is 0 Å². The maximum atomic E-state index is 13.7. The smallest absolute Gasteiger partial charge is 0.255 e. The molecule has 0 fully saturated rings. The summed E-state index contributed by atoms with van der Waals surface area (Å²) < 4.78 is 13.6. The van der Waals surface area contributed by atoms with Crippen LogP contribution in [0.5, 0.6) is 0 Å². The molecule has 35 heavy (non-hydrogen) atoms. The number of halogens is 3. The molecule has 0 spiro atoms. The number of nitrogens with one attached hydrogen (secondary N) is 1. The number of H-pyrrole nitrogens is 1. The number of nitrogens with zero attached hydrogens (tertiary/aromatic N) is 1. The van der Waals surface area contributed by atoms with Crippen LogP contribution >= 0.6 is 23.2 Å². The number of hydrogen-bond acceptors (Lipinski definition) is 1. The van der Waals surface area contributed by atoms with E-state index >= 15 is 0 Å². The van der Waals surface area contributed by atoms with Crippen molar-refractivity contribution < 1.29 is 9.18 Å². The standard InChI is InChI=1S/C29H19Cl2FN2O/c30-18-11-14-22(24(31)15-18)27-26(23-7-3-4-8-25(23)33-27)28-20-5-1-2-6-21(20)29(35)34(28)16-17-9-12-19(32)13-10-17/h1-15,28,33H,16H2. The molecule has 0 bridgehead atoms. The predicted molar refractivity (Wildman–Crippen MR) is 138 cm³/mol. The minimum atomic E-state index is -0.360. The van der Waals surface area contributed by atoms with Gasteiger partial charge < -0.3 is 9.88 Å². The molecular weight excluding hydrogens is 482 g/mol. The third kappa shape index (κ3) is 3.70. The molecule has 1 atom stereocenters. The highest BCUT2D eigenvalue weighted by Gasteiger charge is 2.40. The number of para-hydroxylation sites is 1. The Morgan fingerprint density at radius 1 is 0.857 bits per heavy atom. The van der Waals surface area contributed by atoms with Gasteiger partial charge in [0.2, 0.25) is 0 Å². The van der Waals surface area contributed by atoms with Crippen molar-refractivity contribution in [2.24, 2.45) is 0 Å². The van der Waals surface area contributed by atoms with Gasteiger partial charge >= 0.3 is 0 Å². The second-order valence-electron chi connectivity index (χ2n) is 8.63. The fraction of sp³-hybridized carbons (Fsp3) is 0.0690. The van der Waals surface area contributed by atoms with Crippen LogP contribution in [0, 0.1) is 5.82 Å². The van der Waals surface area contributed by atoms with E-state index in [0.717, 1.165) is 38.9 Å². The lowest BCUT2D eigenvalue weighted by atomic mass is 9.93. The van der Waals surface area contributed by atoms with Crippen LogP contribution in [0.1, 0.15) is 33.1 Å². The molecule has 1 aliphatic rings. The van der Waals surface area contributed by atoms with Crippen LogP contribution in [0.25, 0.3) is 22.2 Å². The lowest BCUT2D eigenvalue weighted by Crippen LogP contribution is -2.28. The van der Waals surface area contributed by atoms with Crippen molar-refractivity contribution in [1.82, 2.24) is 9.88 Å². The maximum Gasteiger partial charge on any atom is 0.255 e. The maximum absolute atomic E-state index is 13.7. The van der Waals surface area contributed by atoms with Crippen LogP contribution in [0.3, 0.4) is 0 Å². The fourth-order valence-corrected chi connectivity index (χ4v) is 5.49. The molecule has 3 nitrogen and oxygen atoms in total. The molecule has 0 saturated carbocycles. The highest BCUT2D eigenvalue weighted by atomic mass is 35.5. The van der Waals surface area contributed by atoms with E-state index in [1.54, 1.807) is 18.2 Å². The van der Waals surface area contributed by atoms with Crippen molar-refractivity contribution >= 4 is 40.0 Å². The molecular formula is C29H19Cl2FN2O. The first-order valence-electron chi connectivity index (χ1n) is 11.2. The molecule has 5 aromatic rings. The second-order valence-corrected chi connectivity index (χ2v) is 9.48. The number of carbonyl (C=O) groups excluding carboxylic acids is 1. The number of amides is 1. The fourth-order valence-electron chi connectivity index (χ4n) is 4.98. The summed E-state index contributed by atoms with van der Waals surface area (Å²) in [5.41, 5.74) is 6.00. The molecule has 1 aromatic heterocycles. The number of hydrogen-bond donors (Lipinski definition) is 1. The molecule has 0 aliphatic carbocycles. The van der Waals surface area contributed by atoms with Gasteiger partial charge in [0.05, 0.1) is 16.8 Å². The zero-order chi connectivity index (χ0) is 24.1. The van der Waals surface area contributed by atoms with E-state index in [1.807, 2.05) is 59.5 Å². The Balaban J connectivity index is 1.60. The molecule has 0 saturated heterocycles. The highest BCUT2D eigenvalue weighted by Crippen LogP contribution is 2.47. The number of benzene rings is 4. The molecule has 4 aromatic carbocycles. The van der Waals surface area contributed by atoms with Crippen LogP contribution in [-0.2, 0) is 6.54 Å². The Hall–Kier alpha value is -3.60. The monoisotopic (exact) mass is 500 g/mol. The third-order valence-electron chi connectivity index (χ3n) is 6.54. The normalized spacial score (nSPS) is 15.1. The first-order valence-corrected chi connectivity index (χ1v) is 12.0. The quantitative estimate of drug-likeness (QED) is 0.266. The molecule has 2 heterocycles. The van der Waals surface area contributed by atoms with E-state index < -0.39 is 0 Å². The number of fused-ring (bicyclic) bond motifs is 2. The van der Waals surface area contributed by atoms with Gasteiger partial charge in [0.25, 0.3) is 5.91 Å². The first-order chi connectivity index (χ1) is 17.0. The van der Waals surface area contributed by atoms with Gasteiger partial charge in [0.1, 0.15) is 5.82 Å². The summed E-state index contributed by atoms with van der Waals surface area (Å²) in [6.07, 6.45) is 0.